The molecule has 0 spiro atoms. The topological polar surface area (TPSA) is 93.1 Å². The highest BCUT2D eigenvalue weighted by molar-refractivity contribution is 6.00. The number of fused-ring (bicyclic) bond motifs is 1. The zero-order valence-electron chi connectivity index (χ0n) is 13.9. The molecule has 130 valence electrons. The van der Waals surface area contributed by atoms with E-state index in [1.165, 1.54) is 6.33 Å². The van der Waals surface area contributed by atoms with Crippen LogP contribution in [0.3, 0.4) is 0 Å². The van der Waals surface area contributed by atoms with Gasteiger partial charge in [0.1, 0.15) is 12.0 Å². The molecule has 25 heavy (non-hydrogen) atoms. The second-order valence-electron chi connectivity index (χ2n) is 6.27. The Bertz CT molecular complexity index is 748. The summed E-state index contributed by atoms with van der Waals surface area (Å²) in [5.41, 5.74) is 1.32. The van der Waals surface area contributed by atoms with E-state index in [1.807, 2.05) is 0 Å². The van der Waals surface area contributed by atoms with E-state index in [0.29, 0.717) is 35.5 Å². The van der Waals surface area contributed by atoms with Gasteiger partial charge in [-0.15, -0.1) is 0 Å². The van der Waals surface area contributed by atoms with Gasteiger partial charge in [-0.3, -0.25) is 9.69 Å². The largest absolute Gasteiger partial charge is 0.381 e. The molecule has 0 bridgehead atoms. The van der Waals surface area contributed by atoms with Crippen LogP contribution in [0, 0.1) is 5.92 Å². The summed E-state index contributed by atoms with van der Waals surface area (Å²) in [7, 11) is 0. The number of hydrogen-bond acceptors (Lipinski definition) is 7. The predicted molar refractivity (Wildman–Crippen MR) is 92.1 cm³/mol. The molecule has 1 saturated heterocycles. The maximum Gasteiger partial charge on any atom is 0.247 e. The first-order valence-corrected chi connectivity index (χ1v) is 8.56. The number of anilines is 2. The third-order valence-corrected chi connectivity index (χ3v) is 4.66. The number of ether oxygens (including phenoxy) is 1. The molecule has 1 amide bonds. The van der Waals surface area contributed by atoms with Gasteiger partial charge in [0, 0.05) is 26.0 Å². The molecule has 2 aliphatic heterocycles. The van der Waals surface area contributed by atoms with Crippen LogP contribution in [0.4, 0.5) is 11.6 Å². The Morgan fingerprint density at radius 2 is 2.12 bits per heavy atom. The molecule has 0 aromatic carbocycles. The number of hydrogen-bond donors (Lipinski definition) is 1. The van der Waals surface area contributed by atoms with Gasteiger partial charge in [-0.25, -0.2) is 19.9 Å². The lowest BCUT2D eigenvalue weighted by molar-refractivity contribution is -0.117. The minimum absolute atomic E-state index is 0.0219. The first kappa shape index (κ1) is 15.9. The molecule has 8 heteroatoms. The molecule has 2 aliphatic rings. The van der Waals surface area contributed by atoms with E-state index < -0.39 is 0 Å². The monoisotopic (exact) mass is 340 g/mol. The van der Waals surface area contributed by atoms with E-state index >= 15 is 0 Å². The number of aromatic nitrogens is 4. The molecule has 2 aromatic rings. The Kier molecular flexibility index (Phi) is 4.51. The summed E-state index contributed by atoms with van der Waals surface area (Å²) >= 11 is 0. The quantitative estimate of drug-likeness (QED) is 0.901. The van der Waals surface area contributed by atoms with Crippen LogP contribution < -0.4 is 10.2 Å². The van der Waals surface area contributed by atoms with Gasteiger partial charge in [-0.1, -0.05) is 0 Å². The Morgan fingerprint density at radius 1 is 1.24 bits per heavy atom. The van der Waals surface area contributed by atoms with Gasteiger partial charge in [-0.2, -0.15) is 0 Å². The van der Waals surface area contributed by atoms with E-state index in [9.17, 15) is 4.79 Å². The number of nitrogens with zero attached hydrogens (tertiary/aromatic N) is 5. The number of rotatable bonds is 4. The lowest BCUT2D eigenvalue weighted by atomic mass is 9.96. The molecule has 0 atom stereocenters. The Hall–Kier alpha value is -2.61. The molecular weight excluding hydrogens is 320 g/mol. The van der Waals surface area contributed by atoms with Crippen LogP contribution in [0.5, 0.6) is 0 Å². The Balaban J connectivity index is 1.57. The first-order chi connectivity index (χ1) is 12.3. The number of carbonyl (C=O) groups is 1. The summed E-state index contributed by atoms with van der Waals surface area (Å²) in [5.74, 6) is 1.84. The normalized spacial score (nSPS) is 17.9. The Labute approximate surface area is 145 Å². The maximum absolute atomic E-state index is 12.4. The molecule has 1 fully saturated rings. The van der Waals surface area contributed by atoms with E-state index in [0.717, 1.165) is 32.5 Å². The van der Waals surface area contributed by atoms with Gasteiger partial charge in [0.25, 0.3) is 0 Å². The van der Waals surface area contributed by atoms with Crippen LogP contribution in [-0.4, -0.2) is 52.1 Å². The minimum Gasteiger partial charge on any atom is -0.381 e. The molecule has 4 heterocycles. The zero-order chi connectivity index (χ0) is 17.1. The highest BCUT2D eigenvalue weighted by atomic mass is 16.5. The maximum atomic E-state index is 12.4. The van der Waals surface area contributed by atoms with Crippen molar-refractivity contribution in [3.05, 3.63) is 24.8 Å². The summed E-state index contributed by atoms with van der Waals surface area (Å²) in [6, 6.07) is 1.78. The number of amides is 1. The molecule has 2 aromatic heterocycles. The highest BCUT2D eigenvalue weighted by Gasteiger charge is 2.28. The lowest BCUT2D eigenvalue weighted by Crippen LogP contribution is -2.42. The van der Waals surface area contributed by atoms with Gasteiger partial charge < -0.3 is 10.1 Å². The van der Waals surface area contributed by atoms with Crippen LogP contribution in [0.1, 0.15) is 19.3 Å². The fourth-order valence-electron chi connectivity index (χ4n) is 3.21. The highest BCUT2D eigenvalue weighted by Crippen LogP contribution is 2.29. The van der Waals surface area contributed by atoms with Crippen LogP contribution in [0.2, 0.25) is 0 Å². The minimum atomic E-state index is 0.0219. The number of carbonyl (C=O) groups excluding carboxylic acids is 1. The van der Waals surface area contributed by atoms with Crippen LogP contribution in [0.15, 0.2) is 24.8 Å². The van der Waals surface area contributed by atoms with Crippen molar-refractivity contribution in [1.29, 1.82) is 0 Å². The fraction of sp³-hybridized carbons (Fsp3) is 0.471. The van der Waals surface area contributed by atoms with Crippen molar-refractivity contribution in [2.75, 3.05) is 36.5 Å². The number of nitrogens with one attached hydrogen (secondary N) is 1. The molecule has 0 unspecified atom stereocenters. The third kappa shape index (κ3) is 3.43. The standard InChI is InChI=1S/C17H20N6O2/c24-15-10-20-16-17(23(15)6-2-12-3-7-25-8-4-12)22-14(9-19-16)13-1-5-18-11-21-13/h1,5,9,11-12H,2-4,6-8,10H2,(H,19,20). The summed E-state index contributed by atoms with van der Waals surface area (Å²) in [6.45, 7) is 2.53. The summed E-state index contributed by atoms with van der Waals surface area (Å²) in [4.78, 5) is 31.4. The predicted octanol–water partition coefficient (Wildman–Crippen LogP) is 1.51. The van der Waals surface area contributed by atoms with Crippen molar-refractivity contribution < 1.29 is 9.53 Å². The average molecular weight is 340 g/mol. The van der Waals surface area contributed by atoms with E-state index in [4.69, 9.17) is 4.74 Å². The van der Waals surface area contributed by atoms with Crippen molar-refractivity contribution in [3.63, 3.8) is 0 Å². The summed E-state index contributed by atoms with van der Waals surface area (Å²) in [5, 5.41) is 3.04. The average Bonchev–Trinajstić information content (AvgIpc) is 2.68. The van der Waals surface area contributed by atoms with Crippen LogP contribution in [0.25, 0.3) is 11.4 Å². The summed E-state index contributed by atoms with van der Waals surface area (Å²) in [6.07, 6.45) is 7.87. The van der Waals surface area contributed by atoms with Gasteiger partial charge >= 0.3 is 0 Å². The van der Waals surface area contributed by atoms with Gasteiger partial charge in [0.05, 0.1) is 18.4 Å². The molecule has 8 nitrogen and oxygen atoms in total. The fourth-order valence-corrected chi connectivity index (χ4v) is 3.21. The molecule has 0 radical (unpaired) electrons. The van der Waals surface area contributed by atoms with E-state index in [-0.39, 0.29) is 12.5 Å². The SMILES string of the molecule is O=C1CNc2ncc(-c3ccncn3)nc2N1CCC1CCOCC1. The second kappa shape index (κ2) is 7.10. The van der Waals surface area contributed by atoms with Crippen molar-refractivity contribution in [3.8, 4) is 11.4 Å². The summed E-state index contributed by atoms with van der Waals surface area (Å²) < 4.78 is 5.41. The Morgan fingerprint density at radius 3 is 2.92 bits per heavy atom. The molecule has 0 saturated carbocycles. The van der Waals surface area contributed by atoms with Gasteiger partial charge in [0.2, 0.25) is 5.91 Å². The van der Waals surface area contributed by atoms with Gasteiger partial charge in [-0.05, 0) is 31.2 Å². The molecule has 4 rings (SSSR count). The second-order valence-corrected chi connectivity index (χ2v) is 6.27. The smallest absolute Gasteiger partial charge is 0.247 e. The lowest BCUT2D eigenvalue weighted by Gasteiger charge is -2.30. The van der Waals surface area contributed by atoms with E-state index in [2.05, 4.69) is 25.3 Å². The van der Waals surface area contributed by atoms with Gasteiger partial charge in [0.15, 0.2) is 11.6 Å². The van der Waals surface area contributed by atoms with E-state index in [1.54, 1.807) is 23.4 Å². The first-order valence-electron chi connectivity index (χ1n) is 8.56. The molecule has 0 aliphatic carbocycles. The third-order valence-electron chi connectivity index (χ3n) is 4.66. The van der Waals surface area contributed by atoms with Crippen molar-refractivity contribution in [2.24, 2.45) is 5.92 Å². The molecule has 1 N–H and O–H groups in total. The van der Waals surface area contributed by atoms with Crippen LogP contribution >= 0.6 is 0 Å². The van der Waals surface area contributed by atoms with Crippen molar-refractivity contribution >= 4 is 17.5 Å². The zero-order valence-corrected chi connectivity index (χ0v) is 13.9. The van der Waals surface area contributed by atoms with Crippen molar-refractivity contribution in [1.82, 2.24) is 19.9 Å². The van der Waals surface area contributed by atoms with Crippen LogP contribution in [-0.2, 0) is 9.53 Å². The van der Waals surface area contributed by atoms with Crippen molar-refractivity contribution in [2.45, 2.75) is 19.3 Å². The molecular formula is C17H20N6O2.